The van der Waals surface area contributed by atoms with E-state index in [0.717, 1.165) is 0 Å². The Labute approximate surface area is 74.5 Å². The lowest BCUT2D eigenvalue weighted by Crippen LogP contribution is -2.52. The van der Waals surface area contributed by atoms with Gasteiger partial charge in [-0.05, 0) is 6.42 Å². The summed E-state index contributed by atoms with van der Waals surface area (Å²) in [5.74, 6) is -1.68. The maximum atomic E-state index is 10.6. The maximum absolute atomic E-state index is 10.6. The molecular weight excluding hydrogens is 202 g/mol. The predicted molar refractivity (Wildman–Crippen MR) is 40.1 cm³/mol. The van der Waals surface area contributed by atoms with E-state index >= 15 is 0 Å². The zero-order valence-electron chi connectivity index (χ0n) is 6.54. The van der Waals surface area contributed by atoms with Crippen molar-refractivity contribution in [1.29, 1.82) is 0 Å². The van der Waals surface area contributed by atoms with Crippen molar-refractivity contribution >= 4 is 16.3 Å². The Balaban J connectivity index is 3.07. The van der Waals surface area contributed by atoms with Gasteiger partial charge in [0.25, 0.3) is 0 Å². The van der Waals surface area contributed by atoms with Crippen LogP contribution in [0.15, 0.2) is 0 Å². The van der Waals surface area contributed by atoms with Gasteiger partial charge in [-0.1, -0.05) is 0 Å². The molecule has 1 atom stereocenters. The molecule has 1 heterocycles. The van der Waals surface area contributed by atoms with Crippen LogP contribution in [0.2, 0.25) is 0 Å². The van der Waals surface area contributed by atoms with Crippen molar-refractivity contribution in [3.63, 3.8) is 0 Å². The van der Waals surface area contributed by atoms with Crippen LogP contribution in [-0.4, -0.2) is 45.7 Å². The van der Waals surface area contributed by atoms with E-state index in [4.69, 9.17) is 9.66 Å². The molecule has 0 amide bonds. The molecule has 1 aliphatic heterocycles. The molecule has 0 bridgehead atoms. The summed E-state index contributed by atoms with van der Waals surface area (Å²) in [5.41, 5.74) is -2.49. The van der Waals surface area contributed by atoms with Gasteiger partial charge in [-0.2, -0.15) is 8.42 Å². The molecule has 1 unspecified atom stereocenters. The number of nitrogens with zero attached hydrogens (tertiary/aromatic N) is 1. The quantitative estimate of drug-likeness (QED) is 0.487. The lowest BCUT2D eigenvalue weighted by Gasteiger charge is -2.25. The summed E-state index contributed by atoms with van der Waals surface area (Å²) in [5, 5.41) is 17.9. The summed E-state index contributed by atoms with van der Waals surface area (Å²) in [4.78, 5) is 10.5. The number of aliphatic carboxylic acids is 1. The van der Waals surface area contributed by atoms with E-state index in [9.17, 15) is 18.3 Å². The fraction of sp³-hybridized carbons (Fsp3) is 0.800. The molecule has 7 nitrogen and oxygen atoms in total. The van der Waals surface area contributed by atoms with Crippen molar-refractivity contribution in [1.82, 2.24) is 4.31 Å². The van der Waals surface area contributed by atoms with E-state index in [-0.39, 0.29) is 23.7 Å². The molecule has 13 heavy (non-hydrogen) atoms. The first-order chi connectivity index (χ1) is 5.78. The van der Waals surface area contributed by atoms with Crippen molar-refractivity contribution < 1.29 is 28.0 Å². The fourth-order valence-corrected chi connectivity index (χ4v) is 2.21. The van der Waals surface area contributed by atoms with Crippen LogP contribution in [0.25, 0.3) is 0 Å². The summed E-state index contributed by atoms with van der Waals surface area (Å²) < 4.78 is 30.0. The van der Waals surface area contributed by atoms with Gasteiger partial charge in [-0.25, -0.2) is 4.79 Å². The number of hydrogen-bond donors (Lipinski definition) is 3. The summed E-state index contributed by atoms with van der Waals surface area (Å²) >= 11 is 0. The maximum Gasteiger partial charge on any atom is 0.352 e. The first-order valence-electron chi connectivity index (χ1n) is 3.49. The van der Waals surface area contributed by atoms with Crippen LogP contribution in [0, 0.1) is 0 Å². The molecule has 8 heteroatoms. The minimum atomic E-state index is -4.65. The van der Waals surface area contributed by atoms with Crippen LogP contribution >= 0.6 is 0 Å². The first kappa shape index (κ1) is 10.4. The Morgan fingerprint density at radius 3 is 2.31 bits per heavy atom. The minimum absolute atomic E-state index is 0.169. The van der Waals surface area contributed by atoms with E-state index in [0.29, 0.717) is 0 Å². The highest BCUT2D eigenvalue weighted by Crippen LogP contribution is 2.28. The molecule has 0 aromatic rings. The first-order valence-corrected chi connectivity index (χ1v) is 4.89. The molecule has 1 fully saturated rings. The molecule has 1 saturated heterocycles. The van der Waals surface area contributed by atoms with Crippen molar-refractivity contribution in [2.24, 2.45) is 0 Å². The lowest BCUT2D eigenvalue weighted by atomic mass is 10.2. The molecule has 0 aliphatic carbocycles. The van der Waals surface area contributed by atoms with Gasteiger partial charge in [0.05, 0.1) is 0 Å². The largest absolute Gasteiger partial charge is 0.478 e. The molecule has 0 saturated carbocycles. The Morgan fingerprint density at radius 2 is 2.00 bits per heavy atom. The molecule has 0 spiro atoms. The smallest absolute Gasteiger partial charge is 0.352 e. The number of carbonyl (C=O) groups is 1. The summed E-state index contributed by atoms with van der Waals surface area (Å²) in [7, 11) is -4.65. The fourth-order valence-electron chi connectivity index (χ4n) is 1.30. The molecule has 0 aromatic heterocycles. The molecule has 76 valence electrons. The van der Waals surface area contributed by atoms with Crippen LogP contribution in [0.4, 0.5) is 0 Å². The summed E-state index contributed by atoms with van der Waals surface area (Å²) in [6, 6.07) is 0. The van der Waals surface area contributed by atoms with Gasteiger partial charge in [-0.3, -0.25) is 4.55 Å². The van der Waals surface area contributed by atoms with Crippen molar-refractivity contribution in [2.45, 2.75) is 18.6 Å². The minimum Gasteiger partial charge on any atom is -0.478 e. The number of aliphatic hydroxyl groups is 1. The summed E-state index contributed by atoms with van der Waals surface area (Å²) in [6.45, 7) is -0.193. The van der Waals surface area contributed by atoms with Gasteiger partial charge in [0.1, 0.15) is 0 Å². The van der Waals surface area contributed by atoms with Crippen molar-refractivity contribution in [2.75, 3.05) is 6.54 Å². The average molecular weight is 211 g/mol. The van der Waals surface area contributed by atoms with Gasteiger partial charge in [-0.15, -0.1) is 4.31 Å². The van der Waals surface area contributed by atoms with Crippen molar-refractivity contribution in [3.05, 3.63) is 0 Å². The van der Waals surface area contributed by atoms with Crippen molar-refractivity contribution in [3.8, 4) is 0 Å². The SMILES string of the molecule is O=C(O)C1(O)CCCN1S(=O)(=O)O. The second kappa shape index (κ2) is 2.91. The molecule has 0 aromatic carbocycles. The van der Waals surface area contributed by atoms with Gasteiger partial charge in [0.15, 0.2) is 0 Å². The third-order valence-electron chi connectivity index (χ3n) is 1.92. The Hall–Kier alpha value is -0.700. The summed E-state index contributed by atoms with van der Waals surface area (Å²) in [6.07, 6.45) is -0.0231. The lowest BCUT2D eigenvalue weighted by molar-refractivity contribution is -0.168. The third kappa shape index (κ3) is 1.66. The van der Waals surface area contributed by atoms with E-state index in [1.807, 2.05) is 0 Å². The highest BCUT2D eigenvalue weighted by atomic mass is 32.2. The number of carboxylic acids is 1. The standard InChI is InChI=1S/C5H9NO6S/c7-4(8)5(9)2-1-3-6(5)13(10,11)12/h9H,1-3H2,(H,7,8)(H,10,11,12). The van der Waals surface area contributed by atoms with Gasteiger partial charge >= 0.3 is 16.3 Å². The molecule has 1 aliphatic rings. The third-order valence-corrected chi connectivity index (χ3v) is 2.96. The monoisotopic (exact) mass is 211 g/mol. The highest BCUT2D eigenvalue weighted by molar-refractivity contribution is 7.83. The predicted octanol–water partition coefficient (Wildman–Crippen LogP) is -1.34. The molecule has 3 N–H and O–H groups in total. The van der Waals surface area contributed by atoms with Crippen LogP contribution in [0.5, 0.6) is 0 Å². The Morgan fingerprint density at radius 1 is 1.46 bits per heavy atom. The van der Waals surface area contributed by atoms with Crippen LogP contribution in [0.3, 0.4) is 0 Å². The Kier molecular flexibility index (Phi) is 2.32. The van der Waals surface area contributed by atoms with E-state index in [2.05, 4.69) is 0 Å². The topological polar surface area (TPSA) is 115 Å². The molecule has 1 rings (SSSR count). The van der Waals surface area contributed by atoms with E-state index < -0.39 is 22.0 Å². The number of carboxylic acid groups (broad SMARTS) is 1. The van der Waals surface area contributed by atoms with Crippen LogP contribution < -0.4 is 0 Å². The van der Waals surface area contributed by atoms with E-state index in [1.54, 1.807) is 0 Å². The normalized spacial score (nSPS) is 30.6. The average Bonchev–Trinajstić information content (AvgIpc) is 2.31. The zero-order valence-corrected chi connectivity index (χ0v) is 7.36. The molecular formula is C5H9NO6S. The van der Waals surface area contributed by atoms with Gasteiger partial charge in [0, 0.05) is 13.0 Å². The second-order valence-electron chi connectivity index (χ2n) is 2.78. The van der Waals surface area contributed by atoms with Crippen LogP contribution in [0.1, 0.15) is 12.8 Å². The van der Waals surface area contributed by atoms with Crippen LogP contribution in [-0.2, 0) is 15.1 Å². The van der Waals surface area contributed by atoms with Gasteiger partial charge < -0.3 is 10.2 Å². The number of rotatable bonds is 2. The Bertz CT molecular complexity index is 324. The molecule has 0 radical (unpaired) electrons. The second-order valence-corrected chi connectivity index (χ2v) is 4.11. The number of hydrogen-bond acceptors (Lipinski definition) is 4. The highest BCUT2D eigenvalue weighted by Gasteiger charge is 2.51. The zero-order chi connectivity index (χ0) is 10.3. The van der Waals surface area contributed by atoms with Gasteiger partial charge in [0.2, 0.25) is 5.72 Å². The van der Waals surface area contributed by atoms with E-state index in [1.165, 1.54) is 0 Å².